The van der Waals surface area contributed by atoms with Crippen molar-refractivity contribution < 1.29 is 9.18 Å². The van der Waals surface area contributed by atoms with Gasteiger partial charge in [-0.3, -0.25) is 4.79 Å². The van der Waals surface area contributed by atoms with E-state index in [1.54, 1.807) is 30.3 Å². The Hall–Kier alpha value is -2.04. The Bertz CT molecular complexity index is 845. The summed E-state index contributed by atoms with van der Waals surface area (Å²) in [5, 5.41) is 4.26. The molecule has 0 atom stereocenters. The number of carbonyl (C=O) groups excluding carboxylic acids is 1. The lowest BCUT2D eigenvalue weighted by molar-refractivity contribution is 0.102. The average molecular weight is 323 g/mol. The highest BCUT2D eigenvalue weighted by molar-refractivity contribution is 6.35. The molecule has 0 saturated carbocycles. The van der Waals surface area contributed by atoms with Gasteiger partial charge in [-0.05, 0) is 42.5 Å². The van der Waals surface area contributed by atoms with Gasteiger partial charge in [-0.25, -0.2) is 4.39 Å². The maximum Gasteiger partial charge on any atom is 0.272 e. The molecule has 3 nitrogen and oxygen atoms in total. The zero-order chi connectivity index (χ0) is 15.0. The van der Waals surface area contributed by atoms with Gasteiger partial charge in [0.1, 0.15) is 11.5 Å². The lowest BCUT2D eigenvalue weighted by atomic mass is 10.2. The highest BCUT2D eigenvalue weighted by Gasteiger charge is 2.12. The first kappa shape index (κ1) is 13.9. The van der Waals surface area contributed by atoms with Crippen molar-refractivity contribution in [2.24, 2.45) is 0 Å². The van der Waals surface area contributed by atoms with Gasteiger partial charge in [-0.1, -0.05) is 23.2 Å². The molecule has 6 heteroatoms. The van der Waals surface area contributed by atoms with Crippen LogP contribution in [0.1, 0.15) is 10.5 Å². The molecule has 3 aromatic rings. The molecule has 0 spiro atoms. The molecule has 0 aliphatic rings. The molecule has 1 amide bonds. The van der Waals surface area contributed by atoms with E-state index in [0.29, 0.717) is 26.9 Å². The summed E-state index contributed by atoms with van der Waals surface area (Å²) in [7, 11) is 0. The lowest BCUT2D eigenvalue weighted by Gasteiger charge is -2.06. The normalized spacial score (nSPS) is 10.8. The Morgan fingerprint density at radius 1 is 1.10 bits per heavy atom. The minimum atomic E-state index is -0.379. The highest BCUT2D eigenvalue weighted by atomic mass is 35.5. The molecule has 21 heavy (non-hydrogen) atoms. The number of hydrogen-bond acceptors (Lipinski definition) is 1. The Kier molecular flexibility index (Phi) is 3.57. The number of nitrogens with one attached hydrogen (secondary N) is 2. The average Bonchev–Trinajstić information content (AvgIpc) is 2.86. The van der Waals surface area contributed by atoms with Crippen LogP contribution in [0.25, 0.3) is 10.9 Å². The quantitative estimate of drug-likeness (QED) is 0.694. The number of benzene rings is 2. The summed E-state index contributed by atoms with van der Waals surface area (Å²) < 4.78 is 13.1. The third-order valence-electron chi connectivity index (χ3n) is 3.01. The number of amides is 1. The van der Waals surface area contributed by atoms with Crippen LogP contribution < -0.4 is 5.32 Å². The molecule has 1 heterocycles. The van der Waals surface area contributed by atoms with E-state index in [0.717, 1.165) is 5.39 Å². The van der Waals surface area contributed by atoms with Crippen molar-refractivity contribution in [3.8, 4) is 0 Å². The third kappa shape index (κ3) is 2.86. The third-order valence-corrected chi connectivity index (χ3v) is 3.57. The predicted molar refractivity (Wildman–Crippen MR) is 82.7 cm³/mol. The van der Waals surface area contributed by atoms with Crippen molar-refractivity contribution in [2.45, 2.75) is 0 Å². The number of hydrogen-bond donors (Lipinski definition) is 2. The Balaban J connectivity index is 1.91. The van der Waals surface area contributed by atoms with Crippen LogP contribution in [0.4, 0.5) is 10.1 Å². The zero-order valence-electron chi connectivity index (χ0n) is 10.6. The summed E-state index contributed by atoms with van der Waals surface area (Å²) >= 11 is 11.9. The summed E-state index contributed by atoms with van der Waals surface area (Å²) in [6.45, 7) is 0. The molecule has 0 aliphatic carbocycles. The Morgan fingerprint density at radius 2 is 1.90 bits per heavy atom. The number of rotatable bonds is 2. The van der Waals surface area contributed by atoms with Crippen molar-refractivity contribution >= 4 is 45.7 Å². The van der Waals surface area contributed by atoms with E-state index in [1.165, 1.54) is 12.1 Å². The second-order valence-corrected chi connectivity index (χ2v) is 5.34. The van der Waals surface area contributed by atoms with Crippen LogP contribution in [0.15, 0.2) is 42.5 Å². The molecule has 3 rings (SSSR count). The molecule has 2 aromatic carbocycles. The van der Waals surface area contributed by atoms with Crippen LogP contribution in [-0.4, -0.2) is 10.9 Å². The SMILES string of the molecule is O=C(Nc1cc(Cl)ccc1Cl)c1cc2ccc(F)cc2[nH]1. The first-order valence-electron chi connectivity index (χ1n) is 6.07. The molecular formula is C15H9Cl2FN2O. The molecule has 2 N–H and O–H groups in total. The summed E-state index contributed by atoms with van der Waals surface area (Å²) in [5.41, 5.74) is 1.28. The van der Waals surface area contributed by atoms with E-state index in [2.05, 4.69) is 10.3 Å². The topological polar surface area (TPSA) is 44.9 Å². The Morgan fingerprint density at radius 3 is 2.71 bits per heavy atom. The van der Waals surface area contributed by atoms with Gasteiger partial charge in [0.2, 0.25) is 0 Å². The van der Waals surface area contributed by atoms with Crippen LogP contribution in [0.5, 0.6) is 0 Å². The maximum absolute atomic E-state index is 13.1. The van der Waals surface area contributed by atoms with Gasteiger partial charge in [-0.2, -0.15) is 0 Å². The molecule has 106 valence electrons. The monoisotopic (exact) mass is 322 g/mol. The van der Waals surface area contributed by atoms with Gasteiger partial charge in [-0.15, -0.1) is 0 Å². The first-order valence-corrected chi connectivity index (χ1v) is 6.83. The molecule has 0 fully saturated rings. The number of halogens is 3. The van der Waals surface area contributed by atoms with Crippen LogP contribution in [0, 0.1) is 5.82 Å². The molecule has 0 radical (unpaired) electrons. The number of aromatic amines is 1. The van der Waals surface area contributed by atoms with E-state index < -0.39 is 0 Å². The van der Waals surface area contributed by atoms with Gasteiger partial charge in [0.05, 0.1) is 10.7 Å². The molecule has 0 aliphatic heterocycles. The van der Waals surface area contributed by atoms with E-state index in [-0.39, 0.29) is 11.7 Å². The Labute approximate surface area is 129 Å². The van der Waals surface area contributed by atoms with E-state index in [9.17, 15) is 9.18 Å². The number of H-pyrrole nitrogens is 1. The molecule has 1 aromatic heterocycles. The minimum Gasteiger partial charge on any atom is -0.350 e. The number of fused-ring (bicyclic) bond motifs is 1. The van der Waals surface area contributed by atoms with Gasteiger partial charge in [0.15, 0.2) is 0 Å². The summed E-state index contributed by atoms with van der Waals surface area (Å²) in [4.78, 5) is 15.1. The van der Waals surface area contributed by atoms with Crippen molar-refractivity contribution in [1.29, 1.82) is 0 Å². The molecule has 0 saturated heterocycles. The van der Waals surface area contributed by atoms with E-state index in [1.807, 2.05) is 0 Å². The van der Waals surface area contributed by atoms with E-state index >= 15 is 0 Å². The molecule has 0 unspecified atom stereocenters. The number of aromatic nitrogens is 1. The standard InChI is InChI=1S/C15H9Cl2FN2O/c16-9-2-4-11(17)13(6-9)20-15(21)14-5-8-1-3-10(18)7-12(8)19-14/h1-7,19H,(H,20,21). The summed E-state index contributed by atoms with van der Waals surface area (Å²) in [6, 6.07) is 10.7. The van der Waals surface area contributed by atoms with Crippen molar-refractivity contribution in [2.75, 3.05) is 5.32 Å². The van der Waals surface area contributed by atoms with Crippen LogP contribution >= 0.6 is 23.2 Å². The number of anilines is 1. The fraction of sp³-hybridized carbons (Fsp3) is 0. The van der Waals surface area contributed by atoms with E-state index in [4.69, 9.17) is 23.2 Å². The van der Waals surface area contributed by atoms with Crippen molar-refractivity contribution in [3.63, 3.8) is 0 Å². The number of carbonyl (C=O) groups is 1. The van der Waals surface area contributed by atoms with Gasteiger partial charge in [0, 0.05) is 15.9 Å². The van der Waals surface area contributed by atoms with Crippen molar-refractivity contribution in [1.82, 2.24) is 4.98 Å². The molecular weight excluding hydrogens is 314 g/mol. The summed E-state index contributed by atoms with van der Waals surface area (Å²) in [6.07, 6.45) is 0. The fourth-order valence-corrected chi connectivity index (χ4v) is 2.34. The van der Waals surface area contributed by atoms with Crippen LogP contribution in [0.2, 0.25) is 10.0 Å². The van der Waals surface area contributed by atoms with Gasteiger partial charge >= 0.3 is 0 Å². The van der Waals surface area contributed by atoms with Crippen LogP contribution in [-0.2, 0) is 0 Å². The minimum absolute atomic E-state index is 0.312. The van der Waals surface area contributed by atoms with Gasteiger partial charge < -0.3 is 10.3 Å². The fourth-order valence-electron chi connectivity index (χ4n) is 2.00. The second kappa shape index (κ2) is 5.39. The predicted octanol–water partition coefficient (Wildman–Crippen LogP) is 4.87. The van der Waals surface area contributed by atoms with Crippen molar-refractivity contribution in [3.05, 3.63) is 64.0 Å². The highest BCUT2D eigenvalue weighted by Crippen LogP contribution is 2.26. The van der Waals surface area contributed by atoms with Gasteiger partial charge in [0.25, 0.3) is 5.91 Å². The molecule has 0 bridgehead atoms. The first-order chi connectivity index (χ1) is 10.0. The zero-order valence-corrected chi connectivity index (χ0v) is 12.1. The lowest BCUT2D eigenvalue weighted by Crippen LogP contribution is -2.12. The maximum atomic E-state index is 13.1. The second-order valence-electron chi connectivity index (χ2n) is 4.49. The summed E-state index contributed by atoms with van der Waals surface area (Å²) in [5.74, 6) is -0.745. The smallest absolute Gasteiger partial charge is 0.272 e. The largest absolute Gasteiger partial charge is 0.350 e. The van der Waals surface area contributed by atoms with Crippen LogP contribution in [0.3, 0.4) is 0 Å².